The quantitative estimate of drug-likeness (QED) is 0.362. The van der Waals surface area contributed by atoms with E-state index in [1.807, 2.05) is 0 Å². The van der Waals surface area contributed by atoms with E-state index in [4.69, 9.17) is 10.6 Å². The first-order valence-electron chi connectivity index (χ1n) is 2.36. The smallest absolute Gasteiger partial charge is 0.318 e. The Bertz CT molecular complexity index is 170. The number of rotatable bonds is 1. The SMILES string of the molecule is NC1CN([P+](=O)O)C1=O. The lowest BCUT2D eigenvalue weighted by Gasteiger charge is -2.23. The van der Waals surface area contributed by atoms with E-state index in [-0.39, 0.29) is 6.54 Å². The van der Waals surface area contributed by atoms with Gasteiger partial charge in [-0.05, 0) is 4.57 Å². The van der Waals surface area contributed by atoms with Crippen LogP contribution in [0.3, 0.4) is 0 Å². The summed E-state index contributed by atoms with van der Waals surface area (Å²) in [5.41, 5.74) is 5.12. The molecule has 0 saturated carbocycles. The van der Waals surface area contributed by atoms with E-state index in [0.29, 0.717) is 0 Å². The first kappa shape index (κ1) is 6.61. The second-order valence-corrected chi connectivity index (χ2v) is 2.77. The molecular formula is C3H6N2O3P+. The number of carbonyl (C=O) groups is 1. The summed E-state index contributed by atoms with van der Waals surface area (Å²) in [7, 11) is -2.49. The monoisotopic (exact) mass is 149 g/mol. The lowest BCUT2D eigenvalue weighted by Crippen LogP contribution is -2.57. The van der Waals surface area contributed by atoms with Gasteiger partial charge in [0.05, 0.1) is 6.54 Å². The van der Waals surface area contributed by atoms with Crippen molar-refractivity contribution in [1.29, 1.82) is 0 Å². The third-order valence-corrected chi connectivity index (χ3v) is 1.92. The number of nitrogens with zero attached hydrogens (tertiary/aromatic N) is 1. The van der Waals surface area contributed by atoms with Crippen LogP contribution < -0.4 is 5.73 Å². The maximum absolute atomic E-state index is 10.5. The van der Waals surface area contributed by atoms with Crippen LogP contribution in [0, 0.1) is 0 Å². The number of hydrogen-bond acceptors (Lipinski definition) is 3. The minimum Gasteiger partial charge on any atom is -0.318 e. The van der Waals surface area contributed by atoms with E-state index < -0.39 is 20.1 Å². The molecule has 1 amide bonds. The lowest BCUT2D eigenvalue weighted by molar-refractivity contribution is -0.135. The number of amides is 1. The molecule has 3 N–H and O–H groups in total. The van der Waals surface area contributed by atoms with Gasteiger partial charge in [0, 0.05) is 0 Å². The summed E-state index contributed by atoms with van der Waals surface area (Å²) in [6.45, 7) is 0.199. The Morgan fingerprint density at radius 3 is 2.56 bits per heavy atom. The molecule has 1 fully saturated rings. The standard InChI is InChI=1S/C3H5N2O3P/c4-2-1-5(3(2)6)9(7)8/h2H,1,4H2/p+1. The number of nitrogens with two attached hydrogens (primary N) is 1. The van der Waals surface area contributed by atoms with Crippen molar-refractivity contribution in [2.45, 2.75) is 6.04 Å². The second-order valence-electron chi connectivity index (χ2n) is 1.78. The van der Waals surface area contributed by atoms with Crippen molar-refractivity contribution in [3.63, 3.8) is 0 Å². The molecule has 9 heavy (non-hydrogen) atoms. The van der Waals surface area contributed by atoms with Gasteiger partial charge in [-0.25, -0.2) is 0 Å². The molecule has 0 aliphatic carbocycles. The normalized spacial score (nSPS) is 27.8. The Kier molecular flexibility index (Phi) is 1.48. The molecular weight excluding hydrogens is 143 g/mol. The molecule has 1 heterocycles. The molecule has 0 spiro atoms. The summed E-state index contributed by atoms with van der Waals surface area (Å²) in [5.74, 6) is -0.446. The molecule has 2 unspecified atom stereocenters. The van der Waals surface area contributed by atoms with Gasteiger partial charge < -0.3 is 5.73 Å². The Labute approximate surface area is 52.4 Å². The highest BCUT2D eigenvalue weighted by molar-refractivity contribution is 7.36. The second kappa shape index (κ2) is 2.02. The third-order valence-electron chi connectivity index (χ3n) is 1.15. The molecule has 0 aromatic heterocycles. The van der Waals surface area contributed by atoms with Crippen LogP contribution in [0.2, 0.25) is 0 Å². The molecule has 0 bridgehead atoms. The molecule has 1 rings (SSSR count). The molecule has 0 radical (unpaired) electrons. The molecule has 1 saturated heterocycles. The summed E-state index contributed by atoms with van der Waals surface area (Å²) in [6.07, 6.45) is 0. The highest BCUT2D eigenvalue weighted by Gasteiger charge is 2.46. The van der Waals surface area contributed by atoms with Gasteiger partial charge in [-0.15, -0.1) is 4.89 Å². The molecule has 1 aliphatic heterocycles. The van der Waals surface area contributed by atoms with Gasteiger partial charge in [-0.3, -0.25) is 4.79 Å². The summed E-state index contributed by atoms with van der Waals surface area (Å²) >= 11 is 0. The van der Waals surface area contributed by atoms with Crippen molar-refractivity contribution in [3.8, 4) is 0 Å². The fraction of sp³-hybridized carbons (Fsp3) is 0.667. The van der Waals surface area contributed by atoms with Crippen LogP contribution in [0.5, 0.6) is 0 Å². The van der Waals surface area contributed by atoms with Crippen LogP contribution in [0.15, 0.2) is 0 Å². The molecule has 5 nitrogen and oxygen atoms in total. The van der Waals surface area contributed by atoms with Gasteiger partial charge in [-0.2, -0.15) is 0 Å². The van der Waals surface area contributed by atoms with E-state index in [1.165, 1.54) is 0 Å². The van der Waals surface area contributed by atoms with Crippen molar-refractivity contribution in [2.75, 3.05) is 6.54 Å². The van der Waals surface area contributed by atoms with E-state index in [2.05, 4.69) is 0 Å². The van der Waals surface area contributed by atoms with Gasteiger partial charge in [0.15, 0.2) is 0 Å². The zero-order chi connectivity index (χ0) is 7.02. The number of carbonyl (C=O) groups excluding carboxylic acids is 1. The Balaban J connectivity index is 2.52. The third kappa shape index (κ3) is 0.941. The molecule has 50 valence electrons. The highest BCUT2D eigenvalue weighted by atomic mass is 31.1. The van der Waals surface area contributed by atoms with Gasteiger partial charge >= 0.3 is 8.18 Å². The average Bonchev–Trinajstić information content (AvgIpc) is 1.81. The van der Waals surface area contributed by atoms with Crippen molar-refractivity contribution in [3.05, 3.63) is 0 Å². The summed E-state index contributed by atoms with van der Waals surface area (Å²) in [6, 6.07) is -0.559. The first-order valence-corrected chi connectivity index (χ1v) is 3.52. The van der Waals surface area contributed by atoms with Crippen LogP contribution in [0.4, 0.5) is 0 Å². The van der Waals surface area contributed by atoms with Gasteiger partial charge in [0.25, 0.3) is 5.91 Å². The Hall–Kier alpha value is -0.510. The Morgan fingerprint density at radius 2 is 2.44 bits per heavy atom. The summed E-state index contributed by atoms with van der Waals surface area (Å²) in [5, 5.41) is 0. The lowest BCUT2D eigenvalue weighted by atomic mass is 10.2. The zero-order valence-electron chi connectivity index (χ0n) is 4.52. The van der Waals surface area contributed by atoms with Crippen LogP contribution >= 0.6 is 8.18 Å². The van der Waals surface area contributed by atoms with Gasteiger partial charge in [0.2, 0.25) is 0 Å². The first-order chi connectivity index (χ1) is 4.13. The summed E-state index contributed by atoms with van der Waals surface area (Å²) in [4.78, 5) is 18.8. The van der Waals surface area contributed by atoms with Gasteiger partial charge in [-0.1, -0.05) is 4.67 Å². The molecule has 1 aliphatic rings. The minimum atomic E-state index is -2.49. The zero-order valence-corrected chi connectivity index (χ0v) is 5.41. The Morgan fingerprint density at radius 1 is 1.89 bits per heavy atom. The van der Waals surface area contributed by atoms with Crippen molar-refractivity contribution < 1.29 is 14.3 Å². The average molecular weight is 149 g/mol. The van der Waals surface area contributed by atoms with Crippen molar-refractivity contribution in [2.24, 2.45) is 5.73 Å². The van der Waals surface area contributed by atoms with Crippen molar-refractivity contribution >= 4 is 14.1 Å². The van der Waals surface area contributed by atoms with Crippen molar-refractivity contribution in [1.82, 2.24) is 4.67 Å². The minimum absolute atomic E-state index is 0.199. The number of hydrogen-bond donors (Lipinski definition) is 2. The molecule has 2 atom stereocenters. The van der Waals surface area contributed by atoms with Crippen LogP contribution in [0.25, 0.3) is 0 Å². The van der Waals surface area contributed by atoms with Gasteiger partial charge in [0.1, 0.15) is 6.04 Å². The predicted octanol–water partition coefficient (Wildman–Crippen LogP) is -1.19. The fourth-order valence-corrected chi connectivity index (χ4v) is 1.22. The van der Waals surface area contributed by atoms with Crippen LogP contribution in [0.1, 0.15) is 0 Å². The molecule has 6 heteroatoms. The van der Waals surface area contributed by atoms with Crippen LogP contribution in [-0.2, 0) is 9.36 Å². The maximum Gasteiger partial charge on any atom is 0.646 e. The molecule has 0 aromatic rings. The predicted molar refractivity (Wildman–Crippen MR) is 29.5 cm³/mol. The number of β-lactam (4-membered cyclic amide) rings is 1. The fourth-order valence-electron chi connectivity index (χ4n) is 0.588. The largest absolute Gasteiger partial charge is 0.646 e. The van der Waals surface area contributed by atoms with E-state index in [1.54, 1.807) is 0 Å². The van der Waals surface area contributed by atoms with Crippen LogP contribution in [-0.4, -0.2) is 28.1 Å². The van der Waals surface area contributed by atoms with E-state index in [0.717, 1.165) is 4.67 Å². The topological polar surface area (TPSA) is 83.6 Å². The summed E-state index contributed by atoms with van der Waals surface area (Å²) < 4.78 is 11.0. The maximum atomic E-state index is 10.5. The molecule has 0 aromatic carbocycles. The van der Waals surface area contributed by atoms with E-state index in [9.17, 15) is 9.36 Å². The highest BCUT2D eigenvalue weighted by Crippen LogP contribution is 2.27. The van der Waals surface area contributed by atoms with E-state index >= 15 is 0 Å².